The van der Waals surface area contributed by atoms with Crippen molar-refractivity contribution in [3.63, 3.8) is 0 Å². The van der Waals surface area contributed by atoms with E-state index in [4.69, 9.17) is 4.42 Å². The van der Waals surface area contributed by atoms with Crippen molar-refractivity contribution in [1.82, 2.24) is 14.7 Å². The fourth-order valence-corrected chi connectivity index (χ4v) is 3.77. The first-order valence-corrected chi connectivity index (χ1v) is 9.64. The van der Waals surface area contributed by atoms with Gasteiger partial charge in [0.1, 0.15) is 11.5 Å². The molecule has 0 atom stereocenters. The molecule has 4 nitrogen and oxygen atoms in total. The summed E-state index contributed by atoms with van der Waals surface area (Å²) >= 11 is 0. The summed E-state index contributed by atoms with van der Waals surface area (Å²) in [5.74, 6) is 2.02. The van der Waals surface area contributed by atoms with Crippen molar-refractivity contribution >= 4 is 0 Å². The Hall–Kier alpha value is -1.62. The predicted octanol–water partition coefficient (Wildman–Crippen LogP) is 3.58. The molecule has 26 heavy (non-hydrogen) atoms. The number of aryl methyl sites for hydroxylation is 2. The molecule has 2 heterocycles. The first-order valence-electron chi connectivity index (χ1n) is 9.64. The van der Waals surface area contributed by atoms with Gasteiger partial charge in [-0.3, -0.25) is 9.80 Å². The van der Waals surface area contributed by atoms with E-state index in [1.165, 1.54) is 35.3 Å². The van der Waals surface area contributed by atoms with E-state index in [1.54, 1.807) is 0 Å². The van der Waals surface area contributed by atoms with Crippen molar-refractivity contribution in [1.29, 1.82) is 0 Å². The highest BCUT2D eigenvalue weighted by Gasteiger charge is 2.16. The van der Waals surface area contributed by atoms with Crippen molar-refractivity contribution in [2.24, 2.45) is 0 Å². The first-order chi connectivity index (χ1) is 12.4. The molecule has 1 aliphatic heterocycles. The zero-order chi connectivity index (χ0) is 18.7. The van der Waals surface area contributed by atoms with E-state index >= 15 is 0 Å². The number of furan rings is 1. The summed E-state index contributed by atoms with van der Waals surface area (Å²) in [6, 6.07) is 8.82. The molecule has 4 heteroatoms. The topological polar surface area (TPSA) is 22.9 Å². The average molecular weight is 356 g/mol. The molecule has 0 bridgehead atoms. The fraction of sp³-hybridized carbons (Fsp3) is 0.545. The Kier molecular flexibility index (Phi) is 6.17. The monoisotopic (exact) mass is 355 g/mol. The van der Waals surface area contributed by atoms with Gasteiger partial charge < -0.3 is 9.32 Å². The third kappa shape index (κ3) is 4.97. The largest absolute Gasteiger partial charge is 0.465 e. The summed E-state index contributed by atoms with van der Waals surface area (Å²) in [7, 11) is 4.38. The van der Waals surface area contributed by atoms with Crippen molar-refractivity contribution in [3.8, 4) is 0 Å². The standard InChI is InChI=1S/C22H33N3O/c1-17-12-20(14-24(5)16-22-7-6-18(2)26-22)19(3)21(13-17)15-25-10-8-23(4)9-11-25/h6-7,12-13H,8-11,14-16H2,1-5H3. The van der Waals surface area contributed by atoms with Crippen molar-refractivity contribution < 1.29 is 4.42 Å². The van der Waals surface area contributed by atoms with Crippen LogP contribution in [0, 0.1) is 20.8 Å². The molecule has 1 saturated heterocycles. The van der Waals surface area contributed by atoms with Crippen molar-refractivity contribution in [2.45, 2.75) is 40.4 Å². The lowest BCUT2D eigenvalue weighted by Gasteiger charge is -2.33. The van der Waals surface area contributed by atoms with Crippen LogP contribution in [0.2, 0.25) is 0 Å². The molecule has 1 aromatic heterocycles. The minimum atomic E-state index is 0.842. The molecule has 0 spiro atoms. The van der Waals surface area contributed by atoms with Gasteiger partial charge in [-0.1, -0.05) is 17.7 Å². The van der Waals surface area contributed by atoms with Crippen LogP contribution in [0.5, 0.6) is 0 Å². The van der Waals surface area contributed by atoms with Crippen molar-refractivity contribution in [3.05, 3.63) is 58.0 Å². The molecule has 0 aliphatic carbocycles. The zero-order valence-corrected chi connectivity index (χ0v) is 17.0. The van der Waals surface area contributed by atoms with Gasteiger partial charge in [-0.25, -0.2) is 0 Å². The Morgan fingerprint density at radius 1 is 0.962 bits per heavy atom. The van der Waals surface area contributed by atoms with Gasteiger partial charge in [0.05, 0.1) is 6.54 Å². The van der Waals surface area contributed by atoms with Crippen LogP contribution in [-0.4, -0.2) is 55.0 Å². The highest BCUT2D eigenvalue weighted by Crippen LogP contribution is 2.21. The van der Waals surface area contributed by atoms with Crippen LogP contribution in [0.1, 0.15) is 33.8 Å². The van der Waals surface area contributed by atoms with Gasteiger partial charge >= 0.3 is 0 Å². The lowest BCUT2D eigenvalue weighted by atomic mass is 9.98. The van der Waals surface area contributed by atoms with Gasteiger partial charge in [0.25, 0.3) is 0 Å². The molecule has 0 radical (unpaired) electrons. The minimum absolute atomic E-state index is 0.842. The molecule has 3 rings (SSSR count). The molecule has 2 aromatic rings. The van der Waals surface area contributed by atoms with Crippen LogP contribution in [0.25, 0.3) is 0 Å². The molecule has 0 saturated carbocycles. The summed E-state index contributed by atoms with van der Waals surface area (Å²) in [5.41, 5.74) is 5.71. The van der Waals surface area contributed by atoms with Gasteiger partial charge in [0.15, 0.2) is 0 Å². The van der Waals surface area contributed by atoms with Gasteiger partial charge in [0.2, 0.25) is 0 Å². The average Bonchev–Trinajstić information content (AvgIpc) is 2.98. The molecule has 0 amide bonds. The fourth-order valence-electron chi connectivity index (χ4n) is 3.77. The third-order valence-electron chi connectivity index (χ3n) is 5.42. The van der Waals surface area contributed by atoms with Gasteiger partial charge in [-0.15, -0.1) is 0 Å². The van der Waals surface area contributed by atoms with Crippen LogP contribution in [0.3, 0.4) is 0 Å². The summed E-state index contributed by atoms with van der Waals surface area (Å²) in [6.45, 7) is 14.0. The summed E-state index contributed by atoms with van der Waals surface area (Å²) in [4.78, 5) is 7.33. The van der Waals surface area contributed by atoms with Crippen LogP contribution in [0.15, 0.2) is 28.7 Å². The normalized spacial score (nSPS) is 16.5. The number of hydrogen-bond acceptors (Lipinski definition) is 4. The molecule has 1 aliphatic rings. The van der Waals surface area contributed by atoms with E-state index in [9.17, 15) is 0 Å². The second kappa shape index (κ2) is 8.38. The molecule has 1 fully saturated rings. The van der Waals surface area contributed by atoms with E-state index in [2.05, 4.69) is 60.8 Å². The van der Waals surface area contributed by atoms with Crippen LogP contribution in [0.4, 0.5) is 0 Å². The van der Waals surface area contributed by atoms with Gasteiger partial charge in [-0.05, 0) is 63.7 Å². The smallest absolute Gasteiger partial charge is 0.118 e. The zero-order valence-electron chi connectivity index (χ0n) is 17.0. The van der Waals surface area contributed by atoms with E-state index in [-0.39, 0.29) is 0 Å². The van der Waals surface area contributed by atoms with Crippen LogP contribution < -0.4 is 0 Å². The Morgan fingerprint density at radius 3 is 2.31 bits per heavy atom. The number of benzene rings is 1. The lowest BCUT2D eigenvalue weighted by Crippen LogP contribution is -2.44. The number of likely N-dealkylation sites (N-methyl/N-ethyl adjacent to an activating group) is 1. The third-order valence-corrected chi connectivity index (χ3v) is 5.42. The van der Waals surface area contributed by atoms with E-state index < -0.39 is 0 Å². The number of piperazine rings is 1. The summed E-state index contributed by atoms with van der Waals surface area (Å²) in [6.07, 6.45) is 0. The van der Waals surface area contributed by atoms with E-state index in [0.29, 0.717) is 0 Å². The Morgan fingerprint density at radius 2 is 1.65 bits per heavy atom. The Labute approximate surface area is 158 Å². The van der Waals surface area contributed by atoms with Crippen molar-refractivity contribution in [2.75, 3.05) is 40.3 Å². The molecule has 0 unspecified atom stereocenters. The number of nitrogens with zero attached hydrogens (tertiary/aromatic N) is 3. The van der Waals surface area contributed by atoms with E-state index in [1.807, 2.05) is 13.0 Å². The van der Waals surface area contributed by atoms with Crippen LogP contribution >= 0.6 is 0 Å². The lowest BCUT2D eigenvalue weighted by molar-refractivity contribution is 0.148. The molecule has 142 valence electrons. The minimum Gasteiger partial charge on any atom is -0.465 e. The highest BCUT2D eigenvalue weighted by atomic mass is 16.3. The molecule has 1 aromatic carbocycles. The highest BCUT2D eigenvalue weighted by molar-refractivity contribution is 5.38. The quantitative estimate of drug-likeness (QED) is 0.790. The number of rotatable bonds is 6. The van der Waals surface area contributed by atoms with Crippen LogP contribution in [-0.2, 0) is 19.6 Å². The van der Waals surface area contributed by atoms with E-state index in [0.717, 1.165) is 44.2 Å². The maximum absolute atomic E-state index is 5.73. The van der Waals surface area contributed by atoms with Gasteiger partial charge in [-0.2, -0.15) is 0 Å². The second-order valence-corrected chi connectivity index (χ2v) is 7.97. The summed E-state index contributed by atoms with van der Waals surface area (Å²) in [5, 5.41) is 0. The first kappa shape index (κ1) is 19.2. The second-order valence-electron chi connectivity index (χ2n) is 7.97. The SMILES string of the molecule is Cc1cc(CN(C)Cc2ccc(C)o2)c(C)c(CN2CCN(C)CC2)c1. The number of hydrogen-bond donors (Lipinski definition) is 0. The predicted molar refractivity (Wildman–Crippen MR) is 107 cm³/mol. The maximum atomic E-state index is 5.73. The molecule has 0 N–H and O–H groups in total. The maximum Gasteiger partial charge on any atom is 0.118 e. The summed E-state index contributed by atoms with van der Waals surface area (Å²) < 4.78 is 5.73. The molecular formula is C22H33N3O. The molecular weight excluding hydrogens is 322 g/mol. The Balaban J connectivity index is 1.68. The van der Waals surface area contributed by atoms with Gasteiger partial charge in [0, 0.05) is 39.3 Å². The Bertz CT molecular complexity index is 729.